The topological polar surface area (TPSA) is 237 Å². The Hall–Kier alpha value is -1.94. The van der Waals surface area contributed by atoms with E-state index in [9.17, 15) is 43.2 Å². The molecule has 0 fully saturated rings. The van der Waals surface area contributed by atoms with E-state index in [0.717, 1.165) is 121 Å². The van der Waals surface area contributed by atoms with E-state index in [-0.39, 0.29) is 25.7 Å². The van der Waals surface area contributed by atoms with E-state index < -0.39 is 97.5 Å². The van der Waals surface area contributed by atoms with Gasteiger partial charge in [0.15, 0.2) is 12.2 Å². The van der Waals surface area contributed by atoms with Gasteiger partial charge in [-0.1, -0.05) is 247 Å². The molecule has 0 radical (unpaired) electrons. The number of hydrogen-bond acceptors (Lipinski definition) is 15. The molecule has 0 aromatic rings. The number of unbranched alkanes of at least 4 members (excludes halogenated alkanes) is 32. The third-order valence-corrected chi connectivity index (χ3v) is 15.7. The molecule has 5 atom stereocenters. The first kappa shape index (κ1) is 77.1. The summed E-state index contributed by atoms with van der Waals surface area (Å²) in [5, 5.41) is 10.5. The van der Waals surface area contributed by atoms with Gasteiger partial charge in [0, 0.05) is 25.7 Å². The summed E-state index contributed by atoms with van der Waals surface area (Å²) in [4.78, 5) is 71.8. The molecule has 79 heavy (non-hydrogen) atoms. The fraction of sp³-hybridized carbons (Fsp3) is 0.933. The van der Waals surface area contributed by atoms with E-state index in [1.165, 1.54) is 96.3 Å². The number of phosphoric acid groups is 2. The summed E-state index contributed by atoms with van der Waals surface area (Å²) in [5.74, 6) is -1.37. The zero-order chi connectivity index (χ0) is 58.5. The third kappa shape index (κ3) is 55.0. The number of rotatable bonds is 60. The van der Waals surface area contributed by atoms with Gasteiger partial charge in [0.2, 0.25) is 0 Å². The number of carbonyl (C=O) groups excluding carboxylic acids is 4. The first-order valence-electron chi connectivity index (χ1n) is 31.6. The second-order valence-corrected chi connectivity index (χ2v) is 25.1. The van der Waals surface area contributed by atoms with Gasteiger partial charge in [-0.05, 0) is 31.6 Å². The quantitative estimate of drug-likeness (QED) is 0.0222. The molecular formula is C60H116O17P2. The maximum Gasteiger partial charge on any atom is 0.472 e. The molecule has 0 aliphatic rings. The number of esters is 4. The summed E-state index contributed by atoms with van der Waals surface area (Å²) in [5.41, 5.74) is 0. The standard InChI is InChI=1S/C60H116O17P2/c1-6-9-12-15-18-19-25-30-34-39-44-58(63)71-50-56(77-60(65)46-41-36-31-26-23-21-20-22-24-29-32-37-42-53(4)5)52-75-79(68,69)73-48-54(61)47-72-78(66,67)74-51-55(76-59(64)45-40-35-28-17-14-11-8-3)49-70-57(62)43-38-33-27-16-13-10-7-2/h53-56,61H,6-52H2,1-5H3,(H,66,67)(H,68,69)/t54-,55+,56+/m0/s1. The molecule has 17 nitrogen and oxygen atoms in total. The van der Waals surface area contributed by atoms with Gasteiger partial charge in [0.25, 0.3) is 0 Å². The smallest absolute Gasteiger partial charge is 0.462 e. The van der Waals surface area contributed by atoms with Crippen LogP contribution in [0.5, 0.6) is 0 Å². The second kappa shape index (κ2) is 54.0. The first-order chi connectivity index (χ1) is 38.0. The monoisotopic (exact) mass is 1170 g/mol. The van der Waals surface area contributed by atoms with Crippen LogP contribution in [-0.4, -0.2) is 96.7 Å². The van der Waals surface area contributed by atoms with Crippen LogP contribution in [0.15, 0.2) is 0 Å². The first-order valence-corrected chi connectivity index (χ1v) is 34.6. The van der Waals surface area contributed by atoms with Gasteiger partial charge in [-0.25, -0.2) is 9.13 Å². The van der Waals surface area contributed by atoms with Crippen LogP contribution in [0.25, 0.3) is 0 Å². The number of ether oxygens (including phenoxy) is 4. The molecule has 3 N–H and O–H groups in total. The molecule has 0 amide bonds. The number of hydrogen-bond donors (Lipinski definition) is 3. The Balaban J connectivity index is 5.17. The second-order valence-electron chi connectivity index (χ2n) is 22.2. The number of phosphoric ester groups is 2. The summed E-state index contributed by atoms with van der Waals surface area (Å²) in [6.07, 6.45) is 36.4. The van der Waals surface area contributed by atoms with Crippen LogP contribution in [0, 0.1) is 5.92 Å². The van der Waals surface area contributed by atoms with E-state index in [2.05, 4.69) is 34.6 Å². The van der Waals surface area contributed by atoms with Gasteiger partial charge in [-0.2, -0.15) is 0 Å². The van der Waals surface area contributed by atoms with Gasteiger partial charge in [0.1, 0.15) is 19.3 Å². The highest BCUT2D eigenvalue weighted by Gasteiger charge is 2.30. The number of aliphatic hydroxyl groups is 1. The van der Waals surface area contributed by atoms with Crippen LogP contribution in [-0.2, 0) is 65.4 Å². The molecular weight excluding hydrogens is 1050 g/mol. The largest absolute Gasteiger partial charge is 0.472 e. The molecule has 0 aromatic heterocycles. The highest BCUT2D eigenvalue weighted by Crippen LogP contribution is 2.45. The summed E-state index contributed by atoms with van der Waals surface area (Å²) < 4.78 is 67.6. The van der Waals surface area contributed by atoms with Crippen molar-refractivity contribution in [3.05, 3.63) is 0 Å². The SMILES string of the molecule is CCCCCCCCCCCCC(=O)OC[C@H](COP(=O)(O)OC[C@@H](O)COP(=O)(O)OC[C@@H](COC(=O)CCCCCCCCC)OC(=O)CCCCCCCCC)OC(=O)CCCCCCCCCCCCCCC(C)C. The lowest BCUT2D eigenvalue weighted by Gasteiger charge is -2.21. The van der Waals surface area contributed by atoms with E-state index in [4.69, 9.17) is 37.0 Å². The van der Waals surface area contributed by atoms with Crippen molar-refractivity contribution in [2.45, 2.75) is 316 Å². The molecule has 0 aliphatic carbocycles. The highest BCUT2D eigenvalue weighted by molar-refractivity contribution is 7.47. The molecule has 468 valence electrons. The van der Waals surface area contributed by atoms with Crippen LogP contribution >= 0.6 is 15.6 Å². The lowest BCUT2D eigenvalue weighted by Crippen LogP contribution is -2.30. The van der Waals surface area contributed by atoms with Crippen LogP contribution in [0.2, 0.25) is 0 Å². The molecule has 0 spiro atoms. The molecule has 0 bridgehead atoms. The summed E-state index contributed by atoms with van der Waals surface area (Å²) >= 11 is 0. The van der Waals surface area contributed by atoms with Gasteiger partial charge < -0.3 is 33.8 Å². The zero-order valence-electron chi connectivity index (χ0n) is 50.5. The minimum atomic E-state index is -4.94. The molecule has 0 aromatic carbocycles. The molecule has 0 saturated carbocycles. The number of aliphatic hydroxyl groups excluding tert-OH is 1. The Morgan fingerprint density at radius 2 is 0.582 bits per heavy atom. The Labute approximate surface area is 479 Å². The van der Waals surface area contributed by atoms with E-state index >= 15 is 0 Å². The van der Waals surface area contributed by atoms with Crippen molar-refractivity contribution in [1.29, 1.82) is 0 Å². The van der Waals surface area contributed by atoms with Crippen molar-refractivity contribution in [2.24, 2.45) is 5.92 Å². The van der Waals surface area contributed by atoms with Gasteiger partial charge in [0.05, 0.1) is 26.4 Å². The lowest BCUT2D eigenvalue weighted by atomic mass is 10.0. The Kier molecular flexibility index (Phi) is 52.7. The summed E-state index contributed by atoms with van der Waals surface area (Å²) in [6.45, 7) is 7.08. The highest BCUT2D eigenvalue weighted by atomic mass is 31.2. The molecule has 0 aliphatic heterocycles. The van der Waals surface area contributed by atoms with Crippen LogP contribution in [0.1, 0.15) is 298 Å². The average molecular weight is 1170 g/mol. The van der Waals surface area contributed by atoms with Crippen molar-refractivity contribution < 1.29 is 80.2 Å². The molecule has 0 heterocycles. The van der Waals surface area contributed by atoms with Crippen LogP contribution in [0.3, 0.4) is 0 Å². The predicted molar refractivity (Wildman–Crippen MR) is 312 cm³/mol. The predicted octanol–water partition coefficient (Wildman–Crippen LogP) is 16.2. The maximum absolute atomic E-state index is 12.9. The zero-order valence-corrected chi connectivity index (χ0v) is 52.3. The van der Waals surface area contributed by atoms with Gasteiger partial charge >= 0.3 is 39.5 Å². The van der Waals surface area contributed by atoms with Crippen molar-refractivity contribution in [3.8, 4) is 0 Å². The van der Waals surface area contributed by atoms with E-state index in [1.54, 1.807) is 0 Å². The molecule has 0 rings (SSSR count). The van der Waals surface area contributed by atoms with Crippen LogP contribution < -0.4 is 0 Å². The Morgan fingerprint density at radius 3 is 0.861 bits per heavy atom. The van der Waals surface area contributed by atoms with E-state index in [1.807, 2.05) is 0 Å². The van der Waals surface area contributed by atoms with E-state index in [0.29, 0.717) is 25.7 Å². The summed E-state index contributed by atoms with van der Waals surface area (Å²) in [7, 11) is -9.87. The fourth-order valence-electron chi connectivity index (χ4n) is 8.88. The van der Waals surface area contributed by atoms with Crippen LogP contribution in [0.4, 0.5) is 0 Å². The van der Waals surface area contributed by atoms with Crippen molar-refractivity contribution in [2.75, 3.05) is 39.6 Å². The summed E-state index contributed by atoms with van der Waals surface area (Å²) in [6, 6.07) is 0. The molecule has 19 heteroatoms. The van der Waals surface area contributed by atoms with Crippen molar-refractivity contribution in [3.63, 3.8) is 0 Å². The Morgan fingerprint density at radius 1 is 0.342 bits per heavy atom. The average Bonchev–Trinajstić information content (AvgIpc) is 3.41. The van der Waals surface area contributed by atoms with Gasteiger partial charge in [-0.3, -0.25) is 37.3 Å². The van der Waals surface area contributed by atoms with Crippen molar-refractivity contribution in [1.82, 2.24) is 0 Å². The normalized spacial score (nSPS) is 14.3. The Bertz CT molecular complexity index is 1550. The number of carbonyl (C=O) groups is 4. The minimum Gasteiger partial charge on any atom is -0.462 e. The fourth-order valence-corrected chi connectivity index (χ4v) is 10.5. The lowest BCUT2D eigenvalue weighted by molar-refractivity contribution is -0.161. The minimum absolute atomic E-state index is 0.103. The van der Waals surface area contributed by atoms with Crippen molar-refractivity contribution >= 4 is 39.5 Å². The molecule has 0 saturated heterocycles. The molecule has 2 unspecified atom stereocenters. The van der Waals surface area contributed by atoms with Gasteiger partial charge in [-0.15, -0.1) is 0 Å². The third-order valence-electron chi connectivity index (χ3n) is 13.8. The maximum atomic E-state index is 12.9.